The molecule has 7 nitrogen and oxygen atoms in total. The Labute approximate surface area is 270 Å². The first-order valence-electron chi connectivity index (χ1n) is 12.2. The summed E-state index contributed by atoms with van der Waals surface area (Å²) < 4.78 is 26.9. The SMILES string of the molecule is O=C1NC(=O)c2ccccc21.O=C1c2ccccc2C(=O)N1Cc1cc(F)c(Br)cc1Cl.OCc1cc(F)c(Br)cc1Cl. The number of hydrogen-bond donors (Lipinski definition) is 2. The number of aliphatic hydroxyl groups is 1. The van der Waals surface area contributed by atoms with Crippen molar-refractivity contribution in [2.24, 2.45) is 0 Å². The largest absolute Gasteiger partial charge is 0.392 e. The summed E-state index contributed by atoms with van der Waals surface area (Å²) in [6, 6.07) is 18.6. The molecule has 0 atom stereocenters. The van der Waals surface area contributed by atoms with Crippen molar-refractivity contribution in [2.75, 3.05) is 0 Å². The zero-order chi connectivity index (χ0) is 31.4. The molecule has 220 valence electrons. The molecule has 4 amide bonds. The van der Waals surface area contributed by atoms with Crippen molar-refractivity contribution in [3.63, 3.8) is 0 Å². The van der Waals surface area contributed by atoms with E-state index in [1.54, 1.807) is 48.5 Å². The average Bonchev–Trinajstić information content (AvgIpc) is 3.41. The molecule has 2 aliphatic heterocycles. The Morgan fingerprint density at radius 3 is 1.51 bits per heavy atom. The van der Waals surface area contributed by atoms with Crippen LogP contribution in [0, 0.1) is 11.6 Å². The number of fused-ring (bicyclic) bond motifs is 2. The number of imide groups is 2. The molecule has 0 aliphatic carbocycles. The third kappa shape index (κ3) is 7.19. The maximum absolute atomic E-state index is 13.6. The van der Waals surface area contributed by atoms with Gasteiger partial charge in [-0.1, -0.05) is 47.5 Å². The highest BCUT2D eigenvalue weighted by Crippen LogP contribution is 2.29. The van der Waals surface area contributed by atoms with Gasteiger partial charge in [-0.25, -0.2) is 8.78 Å². The highest BCUT2D eigenvalue weighted by atomic mass is 79.9. The number of carbonyl (C=O) groups is 4. The molecule has 6 rings (SSSR count). The van der Waals surface area contributed by atoms with Crippen LogP contribution in [0.5, 0.6) is 0 Å². The second-order valence-electron chi connectivity index (χ2n) is 8.94. The van der Waals surface area contributed by atoms with Gasteiger partial charge in [0.2, 0.25) is 0 Å². The summed E-state index contributed by atoms with van der Waals surface area (Å²) in [7, 11) is 0. The molecule has 0 bridgehead atoms. The highest BCUT2D eigenvalue weighted by molar-refractivity contribution is 9.10. The van der Waals surface area contributed by atoms with E-state index in [9.17, 15) is 28.0 Å². The number of hydrogen-bond acceptors (Lipinski definition) is 5. The maximum Gasteiger partial charge on any atom is 0.261 e. The van der Waals surface area contributed by atoms with Gasteiger partial charge in [0.15, 0.2) is 0 Å². The van der Waals surface area contributed by atoms with Crippen molar-refractivity contribution in [1.82, 2.24) is 10.2 Å². The van der Waals surface area contributed by atoms with Crippen LogP contribution in [0.3, 0.4) is 0 Å². The average molecular weight is 755 g/mol. The van der Waals surface area contributed by atoms with Crippen LogP contribution in [0.2, 0.25) is 10.0 Å². The minimum atomic E-state index is -0.494. The Balaban J connectivity index is 0.000000162. The number of benzene rings is 4. The molecule has 43 heavy (non-hydrogen) atoms. The molecular formula is C30H18Br2Cl2F2N2O5. The van der Waals surface area contributed by atoms with E-state index >= 15 is 0 Å². The molecule has 2 heterocycles. The first-order valence-corrected chi connectivity index (χ1v) is 14.5. The lowest BCUT2D eigenvalue weighted by Gasteiger charge is -2.15. The van der Waals surface area contributed by atoms with Crippen molar-refractivity contribution in [3.05, 3.63) is 137 Å². The van der Waals surface area contributed by atoms with Gasteiger partial charge < -0.3 is 5.11 Å². The summed E-state index contributed by atoms with van der Waals surface area (Å²) in [6.45, 7) is -0.307. The van der Waals surface area contributed by atoms with Crippen molar-refractivity contribution < 1.29 is 33.1 Å². The van der Waals surface area contributed by atoms with Crippen LogP contribution in [0.25, 0.3) is 0 Å². The van der Waals surface area contributed by atoms with Gasteiger partial charge in [-0.15, -0.1) is 0 Å². The van der Waals surface area contributed by atoms with Crippen LogP contribution >= 0.6 is 55.1 Å². The van der Waals surface area contributed by atoms with Gasteiger partial charge in [0, 0.05) is 10.0 Å². The van der Waals surface area contributed by atoms with Crippen LogP contribution in [0.15, 0.2) is 81.7 Å². The molecule has 13 heteroatoms. The first kappa shape index (κ1) is 32.4. The third-order valence-corrected chi connectivity index (χ3v) is 8.12. The van der Waals surface area contributed by atoms with E-state index in [0.29, 0.717) is 47.9 Å². The zero-order valence-corrected chi connectivity index (χ0v) is 26.3. The molecule has 0 fully saturated rings. The monoisotopic (exact) mass is 752 g/mol. The van der Waals surface area contributed by atoms with Crippen LogP contribution in [-0.2, 0) is 13.2 Å². The summed E-state index contributed by atoms with van der Waals surface area (Å²) in [5, 5.41) is 11.5. The molecule has 0 aromatic heterocycles. The third-order valence-electron chi connectivity index (χ3n) is 6.20. The fourth-order valence-electron chi connectivity index (χ4n) is 4.04. The topological polar surface area (TPSA) is 104 Å². The van der Waals surface area contributed by atoms with Gasteiger partial charge in [0.05, 0.1) is 44.4 Å². The number of nitrogens with zero attached hydrogens (tertiary/aromatic N) is 1. The maximum atomic E-state index is 13.6. The van der Waals surface area contributed by atoms with Gasteiger partial charge in [-0.05, 0) is 91.5 Å². The molecule has 0 saturated heterocycles. The summed E-state index contributed by atoms with van der Waals surface area (Å²) in [5.41, 5.74) is 2.43. The highest BCUT2D eigenvalue weighted by Gasteiger charge is 2.35. The van der Waals surface area contributed by atoms with E-state index in [4.69, 9.17) is 28.3 Å². The van der Waals surface area contributed by atoms with Crippen molar-refractivity contribution >= 4 is 78.7 Å². The quantitative estimate of drug-likeness (QED) is 0.168. The first-order chi connectivity index (χ1) is 20.4. The molecule has 2 aliphatic rings. The Morgan fingerprint density at radius 1 is 0.674 bits per heavy atom. The molecule has 4 aromatic rings. The minimum Gasteiger partial charge on any atom is -0.392 e. The predicted molar refractivity (Wildman–Crippen MR) is 163 cm³/mol. The van der Waals surface area contributed by atoms with E-state index in [1.165, 1.54) is 24.3 Å². The van der Waals surface area contributed by atoms with E-state index in [-0.39, 0.29) is 29.4 Å². The Bertz CT molecular complexity index is 1720. The minimum absolute atomic E-state index is 0.0601. The number of amides is 4. The summed E-state index contributed by atoms with van der Waals surface area (Å²) in [6.07, 6.45) is 0. The summed E-state index contributed by atoms with van der Waals surface area (Å²) in [5.74, 6) is -2.30. The van der Waals surface area contributed by atoms with Gasteiger partial charge in [-0.2, -0.15) is 0 Å². The molecule has 0 radical (unpaired) electrons. The fraction of sp³-hybridized carbons (Fsp3) is 0.0667. The number of carbonyl (C=O) groups excluding carboxylic acids is 4. The van der Waals surface area contributed by atoms with E-state index in [0.717, 1.165) is 4.90 Å². The molecule has 4 aromatic carbocycles. The van der Waals surface area contributed by atoms with Crippen LogP contribution in [0.4, 0.5) is 8.78 Å². The summed E-state index contributed by atoms with van der Waals surface area (Å²) in [4.78, 5) is 47.4. The molecule has 0 unspecified atom stereocenters. The number of aliphatic hydroxyl groups excluding tert-OH is 1. The normalized spacial score (nSPS) is 13.0. The van der Waals surface area contributed by atoms with Crippen LogP contribution in [-0.4, -0.2) is 33.6 Å². The number of halogens is 6. The Hall–Kier alpha value is -3.48. The van der Waals surface area contributed by atoms with E-state index < -0.39 is 23.4 Å². The van der Waals surface area contributed by atoms with Crippen LogP contribution < -0.4 is 5.32 Å². The molecule has 0 spiro atoms. The summed E-state index contributed by atoms with van der Waals surface area (Å²) >= 11 is 17.7. The number of nitrogens with one attached hydrogen (secondary N) is 1. The lowest BCUT2D eigenvalue weighted by atomic mass is 10.1. The van der Waals surface area contributed by atoms with E-state index in [2.05, 4.69) is 37.2 Å². The van der Waals surface area contributed by atoms with Gasteiger partial charge >= 0.3 is 0 Å². The predicted octanol–water partition coefficient (Wildman–Crippen LogP) is 7.34. The van der Waals surface area contributed by atoms with Gasteiger partial charge in [-0.3, -0.25) is 29.4 Å². The lowest BCUT2D eigenvalue weighted by Crippen LogP contribution is -2.29. The Kier molecular flexibility index (Phi) is 10.5. The van der Waals surface area contributed by atoms with Crippen molar-refractivity contribution in [1.29, 1.82) is 0 Å². The fourth-order valence-corrected chi connectivity index (χ4v) is 5.44. The lowest BCUT2D eigenvalue weighted by molar-refractivity contribution is 0.0641. The second kappa shape index (κ2) is 13.9. The molecule has 0 saturated carbocycles. The van der Waals surface area contributed by atoms with Gasteiger partial charge in [0.1, 0.15) is 11.6 Å². The second-order valence-corrected chi connectivity index (χ2v) is 11.5. The Morgan fingerprint density at radius 2 is 1.07 bits per heavy atom. The van der Waals surface area contributed by atoms with Gasteiger partial charge in [0.25, 0.3) is 23.6 Å². The molecular weight excluding hydrogens is 737 g/mol. The van der Waals surface area contributed by atoms with E-state index in [1.807, 2.05) is 0 Å². The molecule has 2 N–H and O–H groups in total. The standard InChI is InChI=1S/C15H8BrClFNO2.C8H5NO2.C7H5BrClFO/c16-11-6-12(17)8(5-13(11)18)7-19-14(20)9-3-1-2-4-10(9)15(19)21;10-7-5-3-1-2-4-6(5)8(11)9-7;8-5-2-6(9)4(3-11)1-7(5)10/h1-6H,7H2;1-4H,(H,9,10,11);1-2,11H,3H2. The van der Waals surface area contributed by atoms with Crippen molar-refractivity contribution in [2.45, 2.75) is 13.2 Å². The van der Waals surface area contributed by atoms with Crippen molar-refractivity contribution in [3.8, 4) is 0 Å². The zero-order valence-electron chi connectivity index (χ0n) is 21.6. The number of rotatable bonds is 3. The smallest absolute Gasteiger partial charge is 0.261 e. The van der Waals surface area contributed by atoms with Crippen LogP contribution in [0.1, 0.15) is 52.6 Å².